The van der Waals surface area contributed by atoms with Gasteiger partial charge in [0.05, 0.1) is 9.85 Å². The summed E-state index contributed by atoms with van der Waals surface area (Å²) < 4.78 is 0. The number of non-ortho nitro benzene ring substituents is 2. The molecule has 0 bridgehead atoms. The van der Waals surface area contributed by atoms with Gasteiger partial charge >= 0.3 is 0 Å². The van der Waals surface area contributed by atoms with Gasteiger partial charge in [-0.25, -0.2) is 0 Å². The number of hydrogen-bond donors (Lipinski definition) is 0. The second kappa shape index (κ2) is 9.86. The summed E-state index contributed by atoms with van der Waals surface area (Å²) in [5.74, 6) is -0.560. The van der Waals surface area contributed by atoms with Gasteiger partial charge in [-0.05, 0) is 47.5 Å². The second-order valence-electron chi connectivity index (χ2n) is 6.67. The predicted octanol–water partition coefficient (Wildman–Crippen LogP) is 5.30. The third kappa shape index (κ3) is 5.67. The van der Waals surface area contributed by atoms with Crippen LogP contribution in [0.3, 0.4) is 0 Å². The maximum absolute atomic E-state index is 12.2. The third-order valence-electron chi connectivity index (χ3n) is 4.52. The number of nitro groups is 2. The fraction of sp³-hybridized carbons (Fsp3) is 0. The van der Waals surface area contributed by atoms with Crippen LogP contribution < -0.4 is 0 Å². The minimum Gasteiger partial charge on any atom is -0.289 e. The smallest absolute Gasteiger partial charge is 0.269 e. The van der Waals surface area contributed by atoms with Gasteiger partial charge in [0.15, 0.2) is 11.6 Å². The van der Waals surface area contributed by atoms with Crippen molar-refractivity contribution in [3.05, 3.63) is 127 Å². The summed E-state index contributed by atoms with van der Waals surface area (Å²) in [4.78, 5) is 44.7. The van der Waals surface area contributed by atoms with Gasteiger partial charge in [-0.15, -0.1) is 0 Å². The van der Waals surface area contributed by atoms with Crippen molar-refractivity contribution in [1.29, 1.82) is 0 Å². The van der Waals surface area contributed by atoms with Gasteiger partial charge in [0.2, 0.25) is 0 Å². The number of carbonyl (C=O) groups excluding carboxylic acids is 2. The van der Waals surface area contributed by atoms with Crippen molar-refractivity contribution in [1.82, 2.24) is 0 Å². The molecule has 0 saturated heterocycles. The van der Waals surface area contributed by atoms with E-state index in [1.807, 2.05) is 0 Å². The zero-order valence-corrected chi connectivity index (χ0v) is 16.6. The molecule has 0 aliphatic rings. The molecule has 3 rings (SSSR count). The Bertz CT molecular complexity index is 1130. The van der Waals surface area contributed by atoms with E-state index in [0.29, 0.717) is 11.1 Å². The SMILES string of the molecule is O=C(C=Cc1ccc(C=CC(=O)c2ccc([N+](=O)[O-])cc2)cc1)c1ccc([N+](=O)[O-])cc1. The molecule has 0 heterocycles. The summed E-state index contributed by atoms with van der Waals surface area (Å²) in [5, 5.41) is 21.3. The second-order valence-corrected chi connectivity index (χ2v) is 6.67. The molecule has 0 aliphatic carbocycles. The Balaban J connectivity index is 1.61. The van der Waals surface area contributed by atoms with Gasteiger partial charge in [-0.2, -0.15) is 0 Å². The minimum atomic E-state index is -0.528. The van der Waals surface area contributed by atoms with Gasteiger partial charge in [0.1, 0.15) is 0 Å². The molecule has 0 amide bonds. The standard InChI is InChI=1S/C24H16N2O6/c27-23(19-7-11-21(12-8-19)25(29)30)15-5-17-1-2-18(4-3-17)6-16-24(28)20-9-13-22(14-10-20)26(31)32/h1-16H. The van der Waals surface area contributed by atoms with Crippen LogP contribution in [0.4, 0.5) is 11.4 Å². The molecular formula is C24H16N2O6. The average molecular weight is 428 g/mol. The lowest BCUT2D eigenvalue weighted by Crippen LogP contribution is -1.95. The zero-order valence-electron chi connectivity index (χ0n) is 16.6. The van der Waals surface area contributed by atoms with E-state index in [4.69, 9.17) is 0 Å². The molecule has 0 radical (unpaired) electrons. The molecule has 3 aromatic rings. The van der Waals surface area contributed by atoms with E-state index in [-0.39, 0.29) is 22.9 Å². The molecule has 0 atom stereocenters. The van der Waals surface area contributed by atoms with Crippen molar-refractivity contribution < 1.29 is 19.4 Å². The Hall–Kier alpha value is -4.72. The highest BCUT2D eigenvalue weighted by Crippen LogP contribution is 2.15. The predicted molar refractivity (Wildman–Crippen MR) is 119 cm³/mol. The molecule has 32 heavy (non-hydrogen) atoms. The summed E-state index contributed by atoms with van der Waals surface area (Å²) >= 11 is 0. The zero-order chi connectivity index (χ0) is 23.1. The topological polar surface area (TPSA) is 120 Å². The molecule has 0 fully saturated rings. The van der Waals surface area contributed by atoms with Gasteiger partial charge in [0.25, 0.3) is 11.4 Å². The van der Waals surface area contributed by atoms with Crippen LogP contribution in [0.5, 0.6) is 0 Å². The molecule has 0 spiro atoms. The number of ketones is 2. The third-order valence-corrected chi connectivity index (χ3v) is 4.52. The first-order chi connectivity index (χ1) is 15.3. The molecule has 8 nitrogen and oxygen atoms in total. The lowest BCUT2D eigenvalue weighted by atomic mass is 10.1. The number of allylic oxidation sites excluding steroid dienone is 2. The Kier molecular flexibility index (Phi) is 6.77. The van der Waals surface area contributed by atoms with Gasteiger partial charge in [0, 0.05) is 35.4 Å². The largest absolute Gasteiger partial charge is 0.289 e. The van der Waals surface area contributed by atoms with Crippen LogP contribution in [0.15, 0.2) is 84.9 Å². The number of carbonyl (C=O) groups is 2. The van der Waals surface area contributed by atoms with Gasteiger partial charge in [-0.1, -0.05) is 36.4 Å². The molecule has 158 valence electrons. The molecule has 0 saturated carbocycles. The fourth-order valence-electron chi connectivity index (χ4n) is 2.75. The van der Waals surface area contributed by atoms with Gasteiger partial charge in [-0.3, -0.25) is 29.8 Å². The number of nitrogens with zero attached hydrogens (tertiary/aromatic N) is 2. The number of nitro benzene ring substituents is 2. The number of hydrogen-bond acceptors (Lipinski definition) is 6. The first-order valence-corrected chi connectivity index (χ1v) is 9.37. The number of benzene rings is 3. The lowest BCUT2D eigenvalue weighted by Gasteiger charge is -1.98. The Morgan fingerprint density at radius 3 is 1.16 bits per heavy atom. The Labute approximate surface area is 182 Å². The summed E-state index contributed by atoms with van der Waals surface area (Å²) in [6.45, 7) is 0. The molecule has 0 aliphatic heterocycles. The van der Waals surface area contributed by atoms with Crippen LogP contribution >= 0.6 is 0 Å². The van der Waals surface area contributed by atoms with E-state index in [1.54, 1.807) is 36.4 Å². The normalized spacial score (nSPS) is 11.0. The van der Waals surface area contributed by atoms with Crippen molar-refractivity contribution in [3.63, 3.8) is 0 Å². The molecular weight excluding hydrogens is 412 g/mol. The van der Waals surface area contributed by atoms with E-state index in [0.717, 1.165) is 11.1 Å². The maximum atomic E-state index is 12.2. The van der Waals surface area contributed by atoms with Crippen LogP contribution in [-0.2, 0) is 0 Å². The van der Waals surface area contributed by atoms with Crippen molar-refractivity contribution in [3.8, 4) is 0 Å². The maximum Gasteiger partial charge on any atom is 0.269 e. The Morgan fingerprint density at radius 1 is 0.562 bits per heavy atom. The molecule has 3 aromatic carbocycles. The van der Waals surface area contributed by atoms with E-state index in [1.165, 1.54) is 60.7 Å². The monoisotopic (exact) mass is 428 g/mol. The summed E-state index contributed by atoms with van der Waals surface area (Å²) in [5.41, 5.74) is 2.05. The minimum absolute atomic E-state index is 0.0822. The molecule has 0 unspecified atom stereocenters. The van der Waals surface area contributed by atoms with Crippen molar-refractivity contribution in [2.45, 2.75) is 0 Å². The van der Waals surface area contributed by atoms with E-state index < -0.39 is 9.85 Å². The highest BCUT2D eigenvalue weighted by atomic mass is 16.6. The lowest BCUT2D eigenvalue weighted by molar-refractivity contribution is -0.385. The molecule has 0 N–H and O–H groups in total. The molecule has 0 aromatic heterocycles. The van der Waals surface area contributed by atoms with E-state index in [2.05, 4.69) is 0 Å². The first-order valence-electron chi connectivity index (χ1n) is 9.37. The van der Waals surface area contributed by atoms with Crippen molar-refractivity contribution in [2.24, 2.45) is 0 Å². The van der Waals surface area contributed by atoms with Gasteiger partial charge < -0.3 is 0 Å². The molecule has 8 heteroatoms. The summed E-state index contributed by atoms with van der Waals surface area (Å²) in [6.07, 6.45) is 6.01. The summed E-state index contributed by atoms with van der Waals surface area (Å²) in [7, 11) is 0. The highest BCUT2D eigenvalue weighted by Gasteiger charge is 2.08. The Morgan fingerprint density at radius 2 is 0.875 bits per heavy atom. The number of rotatable bonds is 8. The van der Waals surface area contributed by atoms with Crippen LogP contribution in [0, 0.1) is 20.2 Å². The highest BCUT2D eigenvalue weighted by molar-refractivity contribution is 6.07. The van der Waals surface area contributed by atoms with Crippen molar-refractivity contribution >= 4 is 35.1 Å². The average Bonchev–Trinajstić information content (AvgIpc) is 2.81. The van der Waals surface area contributed by atoms with Crippen LogP contribution in [0.1, 0.15) is 31.8 Å². The van der Waals surface area contributed by atoms with Crippen LogP contribution in [-0.4, -0.2) is 21.4 Å². The quantitative estimate of drug-likeness (QED) is 0.208. The van der Waals surface area contributed by atoms with Crippen molar-refractivity contribution in [2.75, 3.05) is 0 Å². The van der Waals surface area contributed by atoms with E-state index in [9.17, 15) is 29.8 Å². The summed E-state index contributed by atoms with van der Waals surface area (Å²) in [6, 6.07) is 17.8. The van der Waals surface area contributed by atoms with Crippen LogP contribution in [0.2, 0.25) is 0 Å². The van der Waals surface area contributed by atoms with Crippen LogP contribution in [0.25, 0.3) is 12.2 Å². The fourth-order valence-corrected chi connectivity index (χ4v) is 2.75. The van der Waals surface area contributed by atoms with E-state index >= 15 is 0 Å². The first kappa shape index (κ1) is 22.0.